The number of ketones is 1. The van der Waals surface area contributed by atoms with E-state index in [1.165, 1.54) is 4.90 Å². The van der Waals surface area contributed by atoms with Crippen LogP contribution in [0.15, 0.2) is 41.6 Å². The molecule has 0 aromatic heterocycles. The summed E-state index contributed by atoms with van der Waals surface area (Å²) in [6.07, 6.45) is 0. The van der Waals surface area contributed by atoms with Crippen molar-refractivity contribution in [1.82, 2.24) is 9.99 Å². The predicted octanol–water partition coefficient (Wildman–Crippen LogP) is 1.68. The molecule has 1 amide bonds. The molecular formula is C18H23N2O4PS. The zero-order valence-corrected chi connectivity index (χ0v) is 17.0. The average molecular weight is 394 g/mol. The van der Waals surface area contributed by atoms with Crippen molar-refractivity contribution in [2.75, 3.05) is 25.7 Å². The Morgan fingerprint density at radius 1 is 1.31 bits per heavy atom. The molecule has 0 spiro atoms. The van der Waals surface area contributed by atoms with E-state index in [0.29, 0.717) is 17.0 Å². The van der Waals surface area contributed by atoms with Gasteiger partial charge < -0.3 is 0 Å². The third-order valence-electron chi connectivity index (χ3n) is 4.30. The number of fused-ring (bicyclic) bond motifs is 1. The van der Waals surface area contributed by atoms with Gasteiger partial charge in [0.15, 0.2) is 0 Å². The number of nitrogens with zero attached hydrogens (tertiary/aromatic N) is 1. The number of rotatable bonds is 6. The van der Waals surface area contributed by atoms with Gasteiger partial charge in [-0.1, -0.05) is 6.07 Å². The summed E-state index contributed by atoms with van der Waals surface area (Å²) in [5, 5.41) is 3.30. The molecule has 0 unspecified atom stereocenters. The van der Waals surface area contributed by atoms with Crippen molar-refractivity contribution in [3.8, 4) is 0 Å². The number of hydrogen-bond acceptors (Lipinski definition) is 6. The summed E-state index contributed by atoms with van der Waals surface area (Å²) >= 11 is 1.65. The molecule has 2 atom stereocenters. The number of β-lactam (4-membered cyclic amide) rings is 1. The van der Waals surface area contributed by atoms with Gasteiger partial charge in [0.2, 0.25) is 0 Å². The van der Waals surface area contributed by atoms with Gasteiger partial charge in [-0.2, -0.15) is 0 Å². The fraction of sp³-hybridized carbons (Fsp3) is 0.389. The number of amides is 1. The third kappa shape index (κ3) is 3.70. The fourth-order valence-electron chi connectivity index (χ4n) is 3.05. The molecule has 6 nitrogen and oxygen atoms in total. The van der Waals surface area contributed by atoms with E-state index in [-0.39, 0.29) is 29.7 Å². The fourth-order valence-corrected chi connectivity index (χ4v) is 5.53. The molecule has 0 saturated carbocycles. The maximum atomic E-state index is 12.6. The van der Waals surface area contributed by atoms with Crippen LogP contribution in [0.2, 0.25) is 0 Å². The number of esters is 1. The predicted molar refractivity (Wildman–Crippen MR) is 106 cm³/mol. The van der Waals surface area contributed by atoms with Gasteiger partial charge in [-0.25, -0.2) is 0 Å². The van der Waals surface area contributed by atoms with E-state index in [4.69, 9.17) is 4.74 Å². The molecule has 140 valence electrons. The Morgan fingerprint density at radius 3 is 2.65 bits per heavy atom. The number of hydrogen-bond donors (Lipinski definition) is 1. The Morgan fingerprint density at radius 2 is 2.00 bits per heavy atom. The summed E-state index contributed by atoms with van der Waals surface area (Å²) in [7, 11) is -1.11. The van der Waals surface area contributed by atoms with Crippen LogP contribution in [-0.4, -0.2) is 59.7 Å². The topological polar surface area (TPSA) is 75.7 Å². The molecule has 0 radical (unpaired) electrons. The van der Waals surface area contributed by atoms with Crippen LogP contribution in [0, 0.1) is 0 Å². The minimum atomic E-state index is -1.11. The van der Waals surface area contributed by atoms with Crippen molar-refractivity contribution < 1.29 is 19.1 Å². The molecule has 26 heavy (non-hydrogen) atoms. The standard InChI is InChI=1S/C18H23N2O4PS/c1-11-10-26-17-14(19-25(2)3)16(22)20(17)15(11)18(23)24-9-13(21)12-7-5-4-6-8-12/h4-8,14,17,19H,9-10,25H2,1-3H3/t14-,17+/m1/s1. The molecule has 2 aliphatic rings. The first-order valence-corrected chi connectivity index (χ1v) is 12.5. The normalized spacial score (nSPS) is 22.5. The van der Waals surface area contributed by atoms with E-state index in [1.807, 2.05) is 13.0 Å². The first-order chi connectivity index (χ1) is 12.4. The van der Waals surface area contributed by atoms with E-state index < -0.39 is 14.0 Å². The molecule has 1 aromatic carbocycles. The second-order valence-electron chi connectivity index (χ2n) is 6.70. The molecule has 2 aliphatic heterocycles. The molecule has 0 aliphatic carbocycles. The van der Waals surface area contributed by atoms with E-state index in [0.717, 1.165) is 5.57 Å². The van der Waals surface area contributed by atoms with Gasteiger partial charge in [-0.3, -0.25) is 0 Å². The molecule has 1 saturated heterocycles. The monoisotopic (exact) mass is 394 g/mol. The Balaban J connectivity index is 1.67. The zero-order valence-electron chi connectivity index (χ0n) is 15.0. The van der Waals surface area contributed by atoms with Crippen LogP contribution in [0.5, 0.6) is 0 Å². The van der Waals surface area contributed by atoms with Crippen molar-refractivity contribution in [2.24, 2.45) is 0 Å². The number of thioether (sulfide) groups is 1. The summed E-state index contributed by atoms with van der Waals surface area (Å²) in [6, 6.07) is 8.46. The quantitative estimate of drug-likeness (QED) is 0.343. The maximum absolute atomic E-state index is 12.6. The van der Waals surface area contributed by atoms with Crippen molar-refractivity contribution in [2.45, 2.75) is 18.3 Å². The van der Waals surface area contributed by atoms with Gasteiger partial charge in [0.25, 0.3) is 0 Å². The molecule has 8 heteroatoms. The average Bonchev–Trinajstić information content (AvgIpc) is 2.64. The van der Waals surface area contributed by atoms with Crippen molar-refractivity contribution in [3.63, 3.8) is 0 Å². The summed E-state index contributed by atoms with van der Waals surface area (Å²) < 4.78 is 5.22. The van der Waals surface area contributed by atoms with E-state index in [2.05, 4.69) is 18.4 Å². The Labute approximate surface area is 158 Å². The van der Waals surface area contributed by atoms with Crippen LogP contribution in [0.25, 0.3) is 0 Å². The number of nitrogens with one attached hydrogen (secondary N) is 1. The zero-order chi connectivity index (χ0) is 18.8. The van der Waals surface area contributed by atoms with Gasteiger partial charge in [0.1, 0.15) is 0 Å². The minimum absolute atomic E-state index is 0.0755. The summed E-state index contributed by atoms with van der Waals surface area (Å²) in [6.45, 7) is 5.73. The molecule has 1 fully saturated rings. The van der Waals surface area contributed by atoms with E-state index >= 15 is 0 Å². The molecular weight excluding hydrogens is 371 g/mol. The summed E-state index contributed by atoms with van der Waals surface area (Å²) in [5.41, 5.74) is 1.59. The van der Waals surface area contributed by atoms with Gasteiger partial charge >= 0.3 is 152 Å². The van der Waals surface area contributed by atoms with E-state index in [1.54, 1.807) is 36.0 Å². The van der Waals surface area contributed by atoms with Crippen molar-refractivity contribution >= 4 is 37.5 Å². The Hall–Kier alpha value is -1.69. The van der Waals surface area contributed by atoms with Crippen LogP contribution < -0.4 is 5.09 Å². The first-order valence-electron chi connectivity index (χ1n) is 8.56. The van der Waals surface area contributed by atoms with Gasteiger partial charge in [-0.05, 0) is 0 Å². The number of ether oxygens (including phenoxy) is 1. The third-order valence-corrected chi connectivity index (χ3v) is 6.75. The molecule has 0 bridgehead atoms. The molecule has 2 heterocycles. The van der Waals surface area contributed by atoms with Crippen molar-refractivity contribution in [1.29, 1.82) is 0 Å². The van der Waals surface area contributed by atoms with Gasteiger partial charge in [-0.15, -0.1) is 0 Å². The van der Waals surface area contributed by atoms with Gasteiger partial charge in [0, 0.05) is 0 Å². The number of benzene rings is 1. The number of Topliss-reactive ketones (excluding diaryl/α,β-unsaturated/α-hetero) is 1. The van der Waals surface area contributed by atoms with Crippen molar-refractivity contribution in [3.05, 3.63) is 47.2 Å². The van der Waals surface area contributed by atoms with Crippen LogP contribution in [0.3, 0.4) is 0 Å². The summed E-state index contributed by atoms with van der Waals surface area (Å²) in [5.74, 6) is -0.294. The van der Waals surface area contributed by atoms with Crippen LogP contribution in [0.4, 0.5) is 0 Å². The number of carbonyl (C=O) groups is 3. The van der Waals surface area contributed by atoms with Crippen LogP contribution in [-0.2, 0) is 14.3 Å². The second kappa shape index (κ2) is 7.91. The molecule has 3 rings (SSSR count). The van der Waals surface area contributed by atoms with Crippen LogP contribution >= 0.6 is 19.8 Å². The number of carbonyl (C=O) groups excluding carboxylic acids is 3. The summed E-state index contributed by atoms with van der Waals surface area (Å²) in [4.78, 5) is 38.7. The molecule has 1 N–H and O–H groups in total. The SMILES string of the molecule is CC1=C(C(=O)OCC(=O)c2ccccc2)N2C(=O)[C@@H](N[PH2](C)C)[C@@H]2SC1. The molecule has 1 aromatic rings. The van der Waals surface area contributed by atoms with Gasteiger partial charge in [0.05, 0.1) is 0 Å². The Bertz CT molecular complexity index is 766. The van der Waals surface area contributed by atoms with Crippen LogP contribution in [0.1, 0.15) is 17.3 Å². The first kappa shape index (κ1) is 19.1. The van der Waals surface area contributed by atoms with E-state index in [9.17, 15) is 14.4 Å². The second-order valence-corrected chi connectivity index (χ2v) is 10.5. The Kier molecular flexibility index (Phi) is 5.80.